The van der Waals surface area contributed by atoms with E-state index in [0.29, 0.717) is 18.0 Å². The number of nitrogens with zero attached hydrogens (tertiary/aromatic N) is 2. The van der Waals surface area contributed by atoms with Crippen molar-refractivity contribution in [3.05, 3.63) is 52.9 Å². The van der Waals surface area contributed by atoms with E-state index < -0.39 is 0 Å². The van der Waals surface area contributed by atoms with Crippen LogP contribution in [0.5, 0.6) is 0 Å². The predicted molar refractivity (Wildman–Crippen MR) is 77.4 cm³/mol. The van der Waals surface area contributed by atoms with Crippen LogP contribution in [0.15, 0.2) is 34.9 Å². The number of rotatable bonds is 3. The fourth-order valence-corrected chi connectivity index (χ4v) is 1.90. The number of aliphatic hydroxyl groups excluding tert-OH is 1. The molecule has 0 aliphatic heterocycles. The Morgan fingerprint density at radius 1 is 1.43 bits per heavy atom. The minimum atomic E-state index is -0.196. The van der Waals surface area contributed by atoms with Gasteiger partial charge in [0.15, 0.2) is 5.69 Å². The Morgan fingerprint density at radius 2 is 2.24 bits per heavy atom. The van der Waals surface area contributed by atoms with Crippen LogP contribution in [0.3, 0.4) is 0 Å². The molecule has 108 valence electrons. The minimum absolute atomic E-state index is 0.172. The van der Waals surface area contributed by atoms with Crippen molar-refractivity contribution in [1.29, 1.82) is 0 Å². The molecule has 1 aromatic heterocycles. The summed E-state index contributed by atoms with van der Waals surface area (Å²) in [6.45, 7) is 2.01. The Hall–Kier alpha value is -2.58. The van der Waals surface area contributed by atoms with Crippen molar-refractivity contribution < 1.29 is 14.4 Å². The second kappa shape index (κ2) is 6.73. The van der Waals surface area contributed by atoms with Gasteiger partial charge in [0.25, 0.3) is 5.91 Å². The highest BCUT2D eigenvalue weighted by Crippen LogP contribution is 2.10. The summed E-state index contributed by atoms with van der Waals surface area (Å²) in [4.78, 5) is 13.7. The second-order valence-corrected chi connectivity index (χ2v) is 4.64. The van der Waals surface area contributed by atoms with Crippen LogP contribution >= 0.6 is 0 Å². The third-order valence-electron chi connectivity index (χ3n) is 2.85. The maximum Gasteiger partial charge on any atom is 0.276 e. The summed E-state index contributed by atoms with van der Waals surface area (Å²) in [7, 11) is 1.71. The van der Waals surface area contributed by atoms with Gasteiger partial charge in [-0.2, -0.15) is 0 Å². The zero-order chi connectivity index (χ0) is 15.2. The zero-order valence-electron chi connectivity index (χ0n) is 12.0. The summed E-state index contributed by atoms with van der Waals surface area (Å²) in [6, 6.07) is 9.15. The van der Waals surface area contributed by atoms with Crippen molar-refractivity contribution in [3.8, 4) is 11.8 Å². The lowest BCUT2D eigenvalue weighted by atomic mass is 10.1. The van der Waals surface area contributed by atoms with Crippen LogP contribution in [-0.4, -0.2) is 34.7 Å². The van der Waals surface area contributed by atoms with Crippen molar-refractivity contribution in [1.82, 2.24) is 10.1 Å². The van der Waals surface area contributed by atoms with E-state index in [4.69, 9.17) is 9.63 Å². The van der Waals surface area contributed by atoms with Crippen molar-refractivity contribution in [3.63, 3.8) is 0 Å². The van der Waals surface area contributed by atoms with Crippen LogP contribution in [0.1, 0.15) is 27.4 Å². The molecule has 0 radical (unpaired) electrons. The number of hydrogen-bond donors (Lipinski definition) is 1. The molecule has 2 rings (SSSR count). The van der Waals surface area contributed by atoms with Gasteiger partial charge in [-0.15, -0.1) is 0 Å². The summed E-state index contributed by atoms with van der Waals surface area (Å²) in [6.07, 6.45) is 0. The van der Waals surface area contributed by atoms with Crippen LogP contribution in [0, 0.1) is 18.8 Å². The van der Waals surface area contributed by atoms with E-state index in [1.807, 2.05) is 24.3 Å². The molecule has 0 aliphatic carbocycles. The maximum atomic E-state index is 12.2. The van der Waals surface area contributed by atoms with Gasteiger partial charge in [0.1, 0.15) is 12.4 Å². The van der Waals surface area contributed by atoms with Crippen molar-refractivity contribution in [2.24, 2.45) is 0 Å². The molecular formula is C16H16N2O3. The number of aryl methyl sites for hydroxylation is 1. The number of benzene rings is 1. The summed E-state index contributed by atoms with van der Waals surface area (Å²) >= 11 is 0. The molecule has 1 N–H and O–H groups in total. The number of aliphatic hydroxyl groups is 1. The molecule has 0 saturated heterocycles. The number of hydrogen-bond acceptors (Lipinski definition) is 4. The Morgan fingerprint density at radius 3 is 2.90 bits per heavy atom. The van der Waals surface area contributed by atoms with E-state index >= 15 is 0 Å². The van der Waals surface area contributed by atoms with Crippen molar-refractivity contribution in [2.75, 3.05) is 13.7 Å². The minimum Gasteiger partial charge on any atom is -0.384 e. The molecule has 21 heavy (non-hydrogen) atoms. The lowest BCUT2D eigenvalue weighted by Crippen LogP contribution is -2.26. The molecule has 0 unspecified atom stereocenters. The molecule has 5 nitrogen and oxygen atoms in total. The van der Waals surface area contributed by atoms with Gasteiger partial charge in [-0.25, -0.2) is 0 Å². The standard InChI is InChI=1S/C16H16N2O3/c1-12-9-15(17-21-12)16(20)18(2)11-14-6-3-5-13(10-14)7-4-8-19/h3,5-6,9-10,19H,8,11H2,1-2H3. The van der Waals surface area contributed by atoms with Gasteiger partial charge in [0.05, 0.1) is 0 Å². The molecule has 2 aromatic rings. The monoisotopic (exact) mass is 284 g/mol. The van der Waals surface area contributed by atoms with Crippen LogP contribution in [0.4, 0.5) is 0 Å². The van der Waals surface area contributed by atoms with Crippen molar-refractivity contribution >= 4 is 5.91 Å². The molecular weight excluding hydrogens is 268 g/mol. The van der Waals surface area contributed by atoms with Gasteiger partial charge < -0.3 is 14.5 Å². The van der Waals surface area contributed by atoms with Gasteiger partial charge in [-0.3, -0.25) is 4.79 Å². The number of aromatic nitrogens is 1. The Kier molecular flexibility index (Phi) is 4.75. The van der Waals surface area contributed by atoms with Gasteiger partial charge >= 0.3 is 0 Å². The quantitative estimate of drug-likeness (QED) is 0.869. The van der Waals surface area contributed by atoms with Crippen LogP contribution < -0.4 is 0 Å². The Labute approximate surface area is 123 Å². The molecule has 0 aliphatic rings. The van der Waals surface area contributed by atoms with E-state index in [0.717, 1.165) is 11.1 Å². The Bertz CT molecular complexity index is 695. The lowest BCUT2D eigenvalue weighted by molar-refractivity contribution is 0.0774. The third kappa shape index (κ3) is 3.94. The molecule has 1 aromatic carbocycles. The van der Waals surface area contributed by atoms with E-state index in [-0.39, 0.29) is 12.5 Å². The highest BCUT2D eigenvalue weighted by Gasteiger charge is 2.16. The number of carbonyl (C=O) groups is 1. The van der Waals surface area contributed by atoms with Crippen molar-refractivity contribution in [2.45, 2.75) is 13.5 Å². The molecule has 0 saturated carbocycles. The zero-order valence-corrected chi connectivity index (χ0v) is 12.0. The van der Waals surface area contributed by atoms with E-state index in [9.17, 15) is 4.79 Å². The Balaban J connectivity index is 2.08. The van der Waals surface area contributed by atoms with Gasteiger partial charge in [-0.1, -0.05) is 29.1 Å². The first-order valence-electron chi connectivity index (χ1n) is 6.47. The number of carbonyl (C=O) groups excluding carboxylic acids is 1. The molecule has 1 amide bonds. The number of amides is 1. The normalized spacial score (nSPS) is 9.86. The van der Waals surface area contributed by atoms with Gasteiger partial charge in [-0.05, 0) is 24.6 Å². The first-order chi connectivity index (χ1) is 10.1. The molecule has 0 spiro atoms. The van der Waals surface area contributed by atoms with E-state index in [2.05, 4.69) is 17.0 Å². The van der Waals surface area contributed by atoms with Gasteiger partial charge in [0, 0.05) is 25.2 Å². The van der Waals surface area contributed by atoms with Crippen LogP contribution in [0.25, 0.3) is 0 Å². The van der Waals surface area contributed by atoms with E-state index in [1.165, 1.54) is 0 Å². The summed E-state index contributed by atoms with van der Waals surface area (Å²) < 4.78 is 4.91. The third-order valence-corrected chi connectivity index (χ3v) is 2.85. The predicted octanol–water partition coefficient (Wildman–Crippen LogP) is 1.60. The maximum absolute atomic E-state index is 12.2. The fraction of sp³-hybridized carbons (Fsp3) is 0.250. The molecule has 0 bridgehead atoms. The topological polar surface area (TPSA) is 66.6 Å². The molecule has 0 atom stereocenters. The average molecular weight is 284 g/mol. The second-order valence-electron chi connectivity index (χ2n) is 4.64. The summed E-state index contributed by atoms with van der Waals surface area (Å²) in [5.41, 5.74) is 2.06. The highest BCUT2D eigenvalue weighted by atomic mass is 16.5. The summed E-state index contributed by atoms with van der Waals surface area (Å²) in [5.74, 6) is 5.85. The first kappa shape index (κ1) is 14.8. The van der Waals surface area contributed by atoms with Gasteiger partial charge in [0.2, 0.25) is 0 Å². The SMILES string of the molecule is Cc1cc(C(=O)N(C)Cc2cccc(C#CCO)c2)no1. The summed E-state index contributed by atoms with van der Waals surface area (Å²) in [5, 5.41) is 12.4. The molecule has 0 fully saturated rings. The molecule has 5 heteroatoms. The average Bonchev–Trinajstić information content (AvgIpc) is 2.91. The van der Waals surface area contributed by atoms with E-state index in [1.54, 1.807) is 24.9 Å². The lowest BCUT2D eigenvalue weighted by Gasteiger charge is -2.15. The fourth-order valence-electron chi connectivity index (χ4n) is 1.90. The highest BCUT2D eigenvalue weighted by molar-refractivity contribution is 5.92. The first-order valence-corrected chi connectivity index (χ1v) is 6.47. The van der Waals surface area contributed by atoms with Crippen LogP contribution in [0.2, 0.25) is 0 Å². The van der Waals surface area contributed by atoms with Crippen LogP contribution in [-0.2, 0) is 6.54 Å². The molecule has 1 heterocycles. The smallest absolute Gasteiger partial charge is 0.276 e. The largest absolute Gasteiger partial charge is 0.384 e.